The van der Waals surface area contributed by atoms with Crippen LogP contribution in [-0.4, -0.2) is 44.5 Å². The van der Waals surface area contributed by atoms with Crippen LogP contribution in [0, 0.1) is 5.82 Å². The first-order chi connectivity index (χ1) is 13.2. The van der Waals surface area contributed by atoms with Crippen LogP contribution in [0.1, 0.15) is 43.5 Å². The third-order valence-electron chi connectivity index (χ3n) is 5.08. The highest BCUT2D eigenvalue weighted by atomic mass is 19.1. The van der Waals surface area contributed by atoms with Crippen LogP contribution in [0.4, 0.5) is 10.3 Å². The van der Waals surface area contributed by atoms with Crippen LogP contribution in [0.3, 0.4) is 0 Å². The number of hydrogen-bond acceptors (Lipinski definition) is 5. The predicted octanol–water partition coefficient (Wildman–Crippen LogP) is 3.69. The quantitative estimate of drug-likeness (QED) is 0.694. The molecule has 0 aliphatic carbocycles. The zero-order valence-electron chi connectivity index (χ0n) is 15.6. The molecule has 3 aromatic rings. The van der Waals surface area contributed by atoms with Gasteiger partial charge in [0.2, 0.25) is 5.95 Å². The number of halogens is 1. The van der Waals surface area contributed by atoms with Gasteiger partial charge in [-0.15, -0.1) is 0 Å². The van der Waals surface area contributed by atoms with E-state index in [-0.39, 0.29) is 5.82 Å². The Morgan fingerprint density at radius 3 is 2.74 bits per heavy atom. The number of piperidine rings is 1. The van der Waals surface area contributed by atoms with Crippen molar-refractivity contribution in [3.63, 3.8) is 0 Å². The number of likely N-dealkylation sites (tertiary alicyclic amines) is 1. The Labute approximate surface area is 158 Å². The third-order valence-corrected chi connectivity index (χ3v) is 5.08. The van der Waals surface area contributed by atoms with E-state index in [9.17, 15) is 4.39 Å². The first-order valence-corrected chi connectivity index (χ1v) is 9.63. The van der Waals surface area contributed by atoms with E-state index in [1.807, 2.05) is 12.4 Å². The molecule has 2 N–H and O–H groups in total. The SMILES string of the molecule is CCCNc1ncc(CN2CCC(c3nc4ccc(F)cc4[nH]3)CC2)cn1. The summed E-state index contributed by atoms with van der Waals surface area (Å²) >= 11 is 0. The number of imidazole rings is 1. The summed E-state index contributed by atoms with van der Waals surface area (Å²) in [6.45, 7) is 5.89. The molecule has 0 bridgehead atoms. The molecule has 1 aromatic carbocycles. The maximum atomic E-state index is 13.4. The molecule has 142 valence electrons. The molecular formula is C20H25FN6. The van der Waals surface area contributed by atoms with E-state index >= 15 is 0 Å². The molecule has 4 rings (SSSR count). The minimum atomic E-state index is -0.231. The summed E-state index contributed by atoms with van der Waals surface area (Å²) in [7, 11) is 0. The Balaban J connectivity index is 1.33. The molecule has 1 aliphatic heterocycles. The van der Waals surface area contributed by atoms with Crippen molar-refractivity contribution in [3.8, 4) is 0 Å². The minimum Gasteiger partial charge on any atom is -0.354 e. The van der Waals surface area contributed by atoms with E-state index in [1.165, 1.54) is 12.1 Å². The highest BCUT2D eigenvalue weighted by Gasteiger charge is 2.23. The predicted molar refractivity (Wildman–Crippen MR) is 104 cm³/mol. The molecular weight excluding hydrogens is 343 g/mol. The fraction of sp³-hybridized carbons (Fsp3) is 0.450. The van der Waals surface area contributed by atoms with E-state index in [4.69, 9.17) is 0 Å². The number of benzene rings is 1. The lowest BCUT2D eigenvalue weighted by molar-refractivity contribution is 0.202. The summed E-state index contributed by atoms with van der Waals surface area (Å²) in [5.41, 5.74) is 2.75. The Kier molecular flexibility index (Phi) is 5.29. The van der Waals surface area contributed by atoms with Gasteiger partial charge in [0.1, 0.15) is 11.6 Å². The lowest BCUT2D eigenvalue weighted by atomic mass is 9.96. The molecule has 1 fully saturated rings. The third kappa shape index (κ3) is 4.24. The van der Waals surface area contributed by atoms with Gasteiger partial charge in [0, 0.05) is 37.0 Å². The smallest absolute Gasteiger partial charge is 0.222 e. The van der Waals surface area contributed by atoms with Crippen molar-refractivity contribution >= 4 is 17.0 Å². The molecule has 0 unspecified atom stereocenters. The molecule has 1 aliphatic rings. The largest absolute Gasteiger partial charge is 0.354 e. The average molecular weight is 368 g/mol. The lowest BCUT2D eigenvalue weighted by Gasteiger charge is -2.30. The number of fused-ring (bicyclic) bond motifs is 1. The first kappa shape index (κ1) is 17.9. The van der Waals surface area contributed by atoms with Crippen LogP contribution in [0.2, 0.25) is 0 Å². The van der Waals surface area contributed by atoms with Crippen molar-refractivity contribution < 1.29 is 4.39 Å². The van der Waals surface area contributed by atoms with Crippen LogP contribution in [-0.2, 0) is 6.54 Å². The zero-order valence-corrected chi connectivity index (χ0v) is 15.6. The summed E-state index contributed by atoms with van der Waals surface area (Å²) in [6.07, 6.45) is 6.95. The van der Waals surface area contributed by atoms with Gasteiger partial charge in [-0.3, -0.25) is 4.90 Å². The first-order valence-electron chi connectivity index (χ1n) is 9.63. The number of hydrogen-bond donors (Lipinski definition) is 2. The second kappa shape index (κ2) is 8.00. The molecule has 0 spiro atoms. The summed E-state index contributed by atoms with van der Waals surface area (Å²) in [6, 6.07) is 4.71. The van der Waals surface area contributed by atoms with Crippen molar-refractivity contribution in [2.75, 3.05) is 25.0 Å². The fourth-order valence-electron chi connectivity index (χ4n) is 3.58. The summed E-state index contributed by atoms with van der Waals surface area (Å²) in [4.78, 5) is 19.1. The fourth-order valence-corrected chi connectivity index (χ4v) is 3.58. The van der Waals surface area contributed by atoms with Gasteiger partial charge in [0.15, 0.2) is 0 Å². The van der Waals surface area contributed by atoms with Crippen LogP contribution >= 0.6 is 0 Å². The molecule has 2 aromatic heterocycles. The molecule has 3 heterocycles. The van der Waals surface area contributed by atoms with E-state index < -0.39 is 0 Å². The molecule has 0 amide bonds. The number of anilines is 1. The van der Waals surface area contributed by atoms with Crippen molar-refractivity contribution in [1.29, 1.82) is 0 Å². The monoisotopic (exact) mass is 368 g/mol. The van der Waals surface area contributed by atoms with Crippen LogP contribution in [0.25, 0.3) is 11.0 Å². The zero-order chi connectivity index (χ0) is 18.6. The second-order valence-electron chi connectivity index (χ2n) is 7.18. The Hall–Kier alpha value is -2.54. The molecule has 27 heavy (non-hydrogen) atoms. The van der Waals surface area contributed by atoms with E-state index in [0.717, 1.165) is 67.9 Å². The second-order valence-corrected chi connectivity index (χ2v) is 7.18. The Morgan fingerprint density at radius 1 is 1.22 bits per heavy atom. The van der Waals surface area contributed by atoms with Crippen molar-refractivity contribution in [3.05, 3.63) is 47.8 Å². The van der Waals surface area contributed by atoms with Gasteiger partial charge in [0.25, 0.3) is 0 Å². The minimum absolute atomic E-state index is 0.231. The highest BCUT2D eigenvalue weighted by Crippen LogP contribution is 2.28. The maximum Gasteiger partial charge on any atom is 0.222 e. The number of nitrogens with one attached hydrogen (secondary N) is 2. The van der Waals surface area contributed by atoms with E-state index in [2.05, 4.69) is 37.1 Å². The summed E-state index contributed by atoms with van der Waals surface area (Å²) in [5.74, 6) is 1.84. The summed E-state index contributed by atoms with van der Waals surface area (Å²) < 4.78 is 13.4. The lowest BCUT2D eigenvalue weighted by Crippen LogP contribution is -2.32. The number of rotatable bonds is 6. The number of nitrogens with zero attached hydrogens (tertiary/aromatic N) is 4. The molecule has 0 atom stereocenters. The molecule has 0 saturated carbocycles. The molecule has 6 nitrogen and oxygen atoms in total. The van der Waals surface area contributed by atoms with Gasteiger partial charge in [-0.2, -0.15) is 0 Å². The van der Waals surface area contributed by atoms with Gasteiger partial charge in [-0.05, 0) is 50.6 Å². The highest BCUT2D eigenvalue weighted by molar-refractivity contribution is 5.75. The van der Waals surface area contributed by atoms with Gasteiger partial charge in [-0.1, -0.05) is 6.92 Å². The number of aromatic nitrogens is 4. The average Bonchev–Trinajstić information content (AvgIpc) is 3.11. The number of H-pyrrole nitrogens is 1. The normalized spacial score (nSPS) is 16.1. The Bertz CT molecular complexity index is 883. The van der Waals surface area contributed by atoms with Gasteiger partial charge in [0.05, 0.1) is 11.0 Å². The maximum absolute atomic E-state index is 13.4. The van der Waals surface area contributed by atoms with Crippen LogP contribution in [0.5, 0.6) is 0 Å². The van der Waals surface area contributed by atoms with Gasteiger partial charge < -0.3 is 10.3 Å². The van der Waals surface area contributed by atoms with Crippen molar-refractivity contribution in [1.82, 2.24) is 24.8 Å². The van der Waals surface area contributed by atoms with Crippen LogP contribution < -0.4 is 5.32 Å². The van der Waals surface area contributed by atoms with Crippen molar-refractivity contribution in [2.45, 2.75) is 38.6 Å². The standard InChI is InChI=1S/C20H25FN6/c1-2-7-22-20-23-11-14(12-24-20)13-27-8-5-15(6-9-27)19-25-17-4-3-16(21)10-18(17)26-19/h3-4,10-12,15H,2,5-9,13H2,1H3,(H,25,26)(H,22,23,24). The topological polar surface area (TPSA) is 69.7 Å². The number of aromatic amines is 1. The van der Waals surface area contributed by atoms with E-state index in [1.54, 1.807) is 6.07 Å². The van der Waals surface area contributed by atoms with Crippen molar-refractivity contribution in [2.24, 2.45) is 0 Å². The molecule has 0 radical (unpaired) electrons. The molecule has 7 heteroatoms. The van der Waals surface area contributed by atoms with Crippen LogP contribution in [0.15, 0.2) is 30.6 Å². The van der Waals surface area contributed by atoms with Gasteiger partial charge in [-0.25, -0.2) is 19.3 Å². The summed E-state index contributed by atoms with van der Waals surface area (Å²) in [5, 5.41) is 3.19. The Morgan fingerprint density at radius 2 is 2.00 bits per heavy atom. The van der Waals surface area contributed by atoms with Gasteiger partial charge >= 0.3 is 0 Å². The molecule has 1 saturated heterocycles. The van der Waals surface area contributed by atoms with E-state index in [0.29, 0.717) is 11.9 Å².